The van der Waals surface area contributed by atoms with E-state index < -0.39 is 0 Å². The van der Waals surface area contributed by atoms with E-state index >= 15 is 0 Å². The van der Waals surface area contributed by atoms with E-state index in [-0.39, 0.29) is 0 Å². The molecule has 0 amide bonds. The SMILES string of the molecule is C=C/C=C(/C)C(C)=C(C(C)C)C(C)C. The van der Waals surface area contributed by atoms with Crippen LogP contribution >= 0.6 is 0 Å². The first-order valence-electron chi connectivity index (χ1n) is 5.42. The molecule has 0 aliphatic rings. The smallest absolute Gasteiger partial charge is 0.0252 e. The van der Waals surface area contributed by atoms with Gasteiger partial charge in [0.1, 0.15) is 0 Å². The minimum absolute atomic E-state index is 0.628. The Morgan fingerprint density at radius 2 is 1.43 bits per heavy atom. The second-order valence-electron chi connectivity index (χ2n) is 4.48. The van der Waals surface area contributed by atoms with Gasteiger partial charge in [0.2, 0.25) is 0 Å². The molecule has 0 aromatic rings. The van der Waals surface area contributed by atoms with Crippen LogP contribution in [0.3, 0.4) is 0 Å². The van der Waals surface area contributed by atoms with E-state index in [1.54, 1.807) is 5.57 Å². The summed E-state index contributed by atoms with van der Waals surface area (Å²) in [7, 11) is 0. The highest BCUT2D eigenvalue weighted by Gasteiger charge is 2.11. The molecular weight excluding hydrogens is 168 g/mol. The van der Waals surface area contributed by atoms with Gasteiger partial charge in [-0.2, -0.15) is 0 Å². The van der Waals surface area contributed by atoms with Gasteiger partial charge < -0.3 is 0 Å². The predicted molar refractivity (Wildman–Crippen MR) is 66.3 cm³/mol. The summed E-state index contributed by atoms with van der Waals surface area (Å²) in [6.07, 6.45) is 3.94. The number of rotatable bonds is 4. The lowest BCUT2D eigenvalue weighted by atomic mass is 9.86. The molecule has 0 aliphatic heterocycles. The molecule has 0 rings (SSSR count). The molecule has 0 aromatic carbocycles. The maximum atomic E-state index is 3.73. The van der Waals surface area contributed by atoms with Crippen molar-refractivity contribution in [3.8, 4) is 0 Å². The predicted octanol–water partition coefficient (Wildman–Crippen LogP) is 4.75. The van der Waals surface area contributed by atoms with Gasteiger partial charge in [0.25, 0.3) is 0 Å². The van der Waals surface area contributed by atoms with Crippen LogP contribution < -0.4 is 0 Å². The molecule has 0 spiro atoms. The molecule has 0 aliphatic carbocycles. The summed E-state index contributed by atoms with van der Waals surface area (Å²) >= 11 is 0. The van der Waals surface area contributed by atoms with E-state index in [0.717, 1.165) is 0 Å². The molecule has 0 nitrogen and oxygen atoms in total. The summed E-state index contributed by atoms with van der Waals surface area (Å²) in [4.78, 5) is 0. The van der Waals surface area contributed by atoms with Crippen molar-refractivity contribution in [2.45, 2.75) is 41.5 Å². The summed E-state index contributed by atoms with van der Waals surface area (Å²) in [6.45, 7) is 17.2. The van der Waals surface area contributed by atoms with Crippen LogP contribution in [0.2, 0.25) is 0 Å². The minimum Gasteiger partial charge on any atom is -0.0991 e. The van der Waals surface area contributed by atoms with Gasteiger partial charge in [-0.3, -0.25) is 0 Å². The second kappa shape index (κ2) is 5.85. The Balaban J connectivity index is 5.19. The number of hydrogen-bond donors (Lipinski definition) is 0. The molecule has 0 N–H and O–H groups in total. The molecule has 80 valence electrons. The maximum Gasteiger partial charge on any atom is -0.0252 e. The second-order valence-corrected chi connectivity index (χ2v) is 4.48. The zero-order chi connectivity index (χ0) is 11.3. The molecule has 0 fully saturated rings. The fourth-order valence-corrected chi connectivity index (χ4v) is 2.06. The Hall–Kier alpha value is -0.780. The molecule has 0 saturated heterocycles. The van der Waals surface area contributed by atoms with Crippen molar-refractivity contribution in [2.24, 2.45) is 11.8 Å². The summed E-state index contributed by atoms with van der Waals surface area (Å²) in [5, 5.41) is 0. The van der Waals surface area contributed by atoms with E-state index in [2.05, 4.69) is 54.2 Å². The fraction of sp³-hybridized carbons (Fsp3) is 0.571. The Morgan fingerprint density at radius 1 is 1.00 bits per heavy atom. The molecular formula is C14H24. The lowest BCUT2D eigenvalue weighted by Crippen LogP contribution is -2.05. The van der Waals surface area contributed by atoms with Crippen molar-refractivity contribution < 1.29 is 0 Å². The highest BCUT2D eigenvalue weighted by Crippen LogP contribution is 2.26. The molecule has 0 atom stereocenters. The first-order valence-corrected chi connectivity index (χ1v) is 5.42. The van der Waals surface area contributed by atoms with E-state index in [0.29, 0.717) is 11.8 Å². The van der Waals surface area contributed by atoms with Gasteiger partial charge in [0, 0.05) is 0 Å². The maximum absolute atomic E-state index is 3.73. The number of hydrogen-bond acceptors (Lipinski definition) is 0. The summed E-state index contributed by atoms with van der Waals surface area (Å²) in [5.41, 5.74) is 4.31. The van der Waals surface area contributed by atoms with Crippen LogP contribution in [0.5, 0.6) is 0 Å². The summed E-state index contributed by atoms with van der Waals surface area (Å²) in [6, 6.07) is 0. The van der Waals surface area contributed by atoms with Gasteiger partial charge in [-0.1, -0.05) is 52.0 Å². The van der Waals surface area contributed by atoms with Gasteiger partial charge in [0.15, 0.2) is 0 Å². The first-order chi connectivity index (χ1) is 6.41. The third-order valence-electron chi connectivity index (χ3n) is 2.64. The summed E-state index contributed by atoms with van der Waals surface area (Å²) in [5.74, 6) is 1.26. The van der Waals surface area contributed by atoms with Crippen molar-refractivity contribution in [3.63, 3.8) is 0 Å². The van der Waals surface area contributed by atoms with Gasteiger partial charge in [-0.25, -0.2) is 0 Å². The summed E-state index contributed by atoms with van der Waals surface area (Å²) < 4.78 is 0. The van der Waals surface area contributed by atoms with Crippen LogP contribution in [0.1, 0.15) is 41.5 Å². The van der Waals surface area contributed by atoms with Gasteiger partial charge in [-0.05, 0) is 36.8 Å². The van der Waals surface area contributed by atoms with Gasteiger partial charge >= 0.3 is 0 Å². The quantitative estimate of drug-likeness (QED) is 0.564. The van der Waals surface area contributed by atoms with Crippen LogP contribution in [-0.2, 0) is 0 Å². The Kier molecular flexibility index (Phi) is 5.52. The normalized spacial score (nSPS) is 12.1. The molecule has 0 saturated carbocycles. The third-order valence-corrected chi connectivity index (χ3v) is 2.64. The zero-order valence-corrected chi connectivity index (χ0v) is 10.5. The monoisotopic (exact) mass is 192 g/mol. The van der Waals surface area contributed by atoms with E-state index in [1.807, 2.05) is 6.08 Å². The van der Waals surface area contributed by atoms with Crippen LogP contribution in [-0.4, -0.2) is 0 Å². The van der Waals surface area contributed by atoms with E-state index in [1.165, 1.54) is 11.1 Å². The van der Waals surface area contributed by atoms with Crippen molar-refractivity contribution in [1.82, 2.24) is 0 Å². The lowest BCUT2D eigenvalue weighted by molar-refractivity contribution is 0.616. The van der Waals surface area contributed by atoms with Gasteiger partial charge in [0.05, 0.1) is 0 Å². The molecule has 0 radical (unpaired) electrons. The Morgan fingerprint density at radius 3 is 1.71 bits per heavy atom. The first kappa shape index (κ1) is 13.2. The van der Waals surface area contributed by atoms with E-state index in [4.69, 9.17) is 0 Å². The highest BCUT2D eigenvalue weighted by molar-refractivity contribution is 5.35. The molecule has 0 heteroatoms. The average Bonchev–Trinajstić information content (AvgIpc) is 2.03. The number of allylic oxidation sites excluding steroid dienone is 5. The van der Waals surface area contributed by atoms with Crippen molar-refractivity contribution >= 4 is 0 Å². The van der Waals surface area contributed by atoms with Crippen molar-refractivity contribution in [2.75, 3.05) is 0 Å². The van der Waals surface area contributed by atoms with E-state index in [9.17, 15) is 0 Å². The largest absolute Gasteiger partial charge is 0.0991 e. The molecule has 0 aromatic heterocycles. The lowest BCUT2D eigenvalue weighted by Gasteiger charge is -2.20. The van der Waals surface area contributed by atoms with Crippen LogP contribution in [0.25, 0.3) is 0 Å². The standard InChI is InChI=1S/C14H24/c1-8-9-12(6)13(7)14(10(2)3)11(4)5/h8-11H,1H2,2-7H3/b12-9-. The van der Waals surface area contributed by atoms with Gasteiger partial charge in [-0.15, -0.1) is 0 Å². The Labute approximate surface area is 89.4 Å². The molecule has 0 unspecified atom stereocenters. The highest BCUT2D eigenvalue weighted by atomic mass is 14.2. The minimum atomic E-state index is 0.628. The van der Waals surface area contributed by atoms with Crippen molar-refractivity contribution in [1.29, 1.82) is 0 Å². The third kappa shape index (κ3) is 3.53. The topological polar surface area (TPSA) is 0 Å². The van der Waals surface area contributed by atoms with Crippen LogP contribution in [0.15, 0.2) is 35.5 Å². The molecule has 0 heterocycles. The Bertz CT molecular complexity index is 239. The molecule has 0 bridgehead atoms. The zero-order valence-electron chi connectivity index (χ0n) is 10.5. The fourth-order valence-electron chi connectivity index (χ4n) is 2.06. The van der Waals surface area contributed by atoms with Crippen LogP contribution in [0.4, 0.5) is 0 Å². The average molecular weight is 192 g/mol. The van der Waals surface area contributed by atoms with Crippen LogP contribution in [0, 0.1) is 11.8 Å². The van der Waals surface area contributed by atoms with Crippen molar-refractivity contribution in [3.05, 3.63) is 35.5 Å². The molecule has 14 heavy (non-hydrogen) atoms.